The Labute approximate surface area is 196 Å². The Hall–Kier alpha value is -3.00. The fraction of sp³-hybridized carbons (Fsp3) is 0.400. The van der Waals surface area contributed by atoms with Gasteiger partial charge >= 0.3 is 6.03 Å². The number of anilines is 1. The summed E-state index contributed by atoms with van der Waals surface area (Å²) >= 11 is 0. The minimum absolute atomic E-state index is 0.0488. The van der Waals surface area contributed by atoms with Gasteiger partial charge in [0.15, 0.2) is 0 Å². The zero-order chi connectivity index (χ0) is 24.4. The van der Waals surface area contributed by atoms with E-state index >= 15 is 0 Å². The van der Waals surface area contributed by atoms with Crippen molar-refractivity contribution in [1.82, 2.24) is 10.0 Å². The smallest absolute Gasteiger partial charge is 0.319 e. The molecule has 0 aliphatic heterocycles. The van der Waals surface area contributed by atoms with E-state index in [0.29, 0.717) is 17.9 Å². The lowest BCUT2D eigenvalue weighted by Crippen LogP contribution is -2.28. The van der Waals surface area contributed by atoms with Crippen LogP contribution >= 0.6 is 0 Å². The van der Waals surface area contributed by atoms with Crippen molar-refractivity contribution in [1.29, 1.82) is 0 Å². The first kappa shape index (κ1) is 24.6. The topological polar surface area (TPSA) is 96.5 Å². The summed E-state index contributed by atoms with van der Waals surface area (Å²) in [7, 11) is -1.67. The average molecular weight is 472 g/mol. The summed E-state index contributed by atoms with van der Waals surface area (Å²) < 4.78 is 31.5. The number of hydrogen-bond acceptors (Lipinski definition) is 4. The number of ether oxygens (including phenoxy) is 1. The Morgan fingerprint density at radius 2 is 1.76 bits per heavy atom. The van der Waals surface area contributed by atoms with Crippen molar-refractivity contribution in [3.05, 3.63) is 65.4 Å². The number of methoxy groups -OCH3 is 1. The quantitative estimate of drug-likeness (QED) is 0.576. The highest BCUT2D eigenvalue weighted by Crippen LogP contribution is 2.42. The van der Waals surface area contributed by atoms with Gasteiger partial charge in [-0.25, -0.2) is 13.2 Å². The van der Waals surface area contributed by atoms with Crippen LogP contribution in [-0.2, 0) is 15.4 Å². The van der Waals surface area contributed by atoms with Crippen LogP contribution in [0.3, 0.4) is 0 Å². The van der Waals surface area contributed by atoms with Crippen LogP contribution in [0.4, 0.5) is 10.5 Å². The number of fused-ring (bicyclic) bond motifs is 1. The summed E-state index contributed by atoms with van der Waals surface area (Å²) in [6, 6.07) is 3.63. The van der Waals surface area contributed by atoms with Crippen LogP contribution in [0.1, 0.15) is 38.8 Å². The predicted molar refractivity (Wildman–Crippen MR) is 134 cm³/mol. The van der Waals surface area contributed by atoms with Gasteiger partial charge in [0.25, 0.3) is 0 Å². The molecule has 2 atom stereocenters. The number of sulfonamides is 1. The fourth-order valence-corrected chi connectivity index (χ4v) is 4.60. The first-order valence-corrected chi connectivity index (χ1v) is 12.9. The molecule has 3 rings (SSSR count). The fourth-order valence-electron chi connectivity index (χ4n) is 4.04. The summed E-state index contributed by atoms with van der Waals surface area (Å²) in [6.45, 7) is 8.73. The zero-order valence-corrected chi connectivity index (χ0v) is 20.8. The summed E-state index contributed by atoms with van der Waals surface area (Å²) in [5.41, 5.74) is 3.92. The molecule has 0 fully saturated rings. The Kier molecular flexibility index (Phi) is 7.07. The number of nitrogens with one attached hydrogen (secondary N) is 3. The second-order valence-electron chi connectivity index (χ2n) is 9.33. The lowest BCUT2D eigenvalue weighted by atomic mass is 9.79. The van der Waals surface area contributed by atoms with Crippen molar-refractivity contribution in [2.75, 3.05) is 25.2 Å². The van der Waals surface area contributed by atoms with Crippen LogP contribution in [0.25, 0.3) is 5.57 Å². The molecule has 2 aliphatic carbocycles. The maximum absolute atomic E-state index is 12.2. The van der Waals surface area contributed by atoms with Gasteiger partial charge in [0.05, 0.1) is 13.4 Å². The molecule has 0 saturated heterocycles. The number of urea groups is 1. The third kappa shape index (κ3) is 6.07. The van der Waals surface area contributed by atoms with Crippen molar-refractivity contribution in [3.8, 4) is 5.75 Å². The van der Waals surface area contributed by atoms with Crippen molar-refractivity contribution in [2.45, 2.75) is 33.1 Å². The summed E-state index contributed by atoms with van der Waals surface area (Å²) in [5.74, 6) is 0.902. The SMILES string of the molecule is CCNC(=O)Nc1cc(C2=CC3C=CC(NS(C)(=O)=O)=CC3C=C2)c(OC)c(C(C)(C)C)c1. The van der Waals surface area contributed by atoms with Gasteiger partial charge < -0.3 is 15.4 Å². The first-order chi connectivity index (χ1) is 15.4. The van der Waals surface area contributed by atoms with Crippen LogP contribution < -0.4 is 20.1 Å². The van der Waals surface area contributed by atoms with E-state index in [1.807, 2.05) is 37.3 Å². The first-order valence-electron chi connectivity index (χ1n) is 11.0. The number of amides is 2. The number of benzene rings is 1. The number of rotatable bonds is 6. The molecule has 0 saturated carbocycles. The molecule has 0 aromatic heterocycles. The number of allylic oxidation sites excluding steroid dienone is 7. The molecule has 178 valence electrons. The van der Waals surface area contributed by atoms with Gasteiger partial charge in [-0.3, -0.25) is 4.72 Å². The third-order valence-corrected chi connectivity index (χ3v) is 6.10. The largest absolute Gasteiger partial charge is 0.496 e. The molecule has 7 nitrogen and oxygen atoms in total. The van der Waals surface area contributed by atoms with E-state index in [4.69, 9.17) is 4.74 Å². The number of carbonyl (C=O) groups excluding carboxylic acids is 1. The van der Waals surface area contributed by atoms with E-state index < -0.39 is 10.0 Å². The molecule has 33 heavy (non-hydrogen) atoms. The van der Waals surface area contributed by atoms with Crippen molar-refractivity contribution < 1.29 is 17.9 Å². The van der Waals surface area contributed by atoms with Crippen molar-refractivity contribution >= 4 is 27.3 Å². The maximum atomic E-state index is 12.2. The van der Waals surface area contributed by atoms with Gasteiger partial charge in [-0.2, -0.15) is 0 Å². The molecule has 3 N–H and O–H groups in total. The zero-order valence-electron chi connectivity index (χ0n) is 20.0. The predicted octanol–water partition coefficient (Wildman–Crippen LogP) is 4.32. The van der Waals surface area contributed by atoms with E-state index in [2.05, 4.69) is 48.3 Å². The van der Waals surface area contributed by atoms with Gasteiger partial charge in [-0.15, -0.1) is 0 Å². The molecular formula is C25H33N3O4S. The number of carbonyl (C=O) groups is 1. The Bertz CT molecular complexity index is 1150. The Morgan fingerprint density at radius 1 is 1.09 bits per heavy atom. The number of hydrogen-bond donors (Lipinski definition) is 3. The molecule has 0 bridgehead atoms. The van der Waals surface area contributed by atoms with Gasteiger partial charge in [-0.05, 0) is 36.1 Å². The summed E-state index contributed by atoms with van der Waals surface area (Å²) in [5, 5.41) is 5.69. The van der Waals surface area contributed by atoms with Crippen LogP contribution in [0, 0.1) is 11.8 Å². The van der Waals surface area contributed by atoms with Gasteiger partial charge in [-0.1, -0.05) is 51.2 Å². The van der Waals surface area contributed by atoms with Crippen molar-refractivity contribution in [2.24, 2.45) is 11.8 Å². The van der Waals surface area contributed by atoms with Crippen LogP contribution in [-0.4, -0.2) is 34.4 Å². The average Bonchev–Trinajstić information content (AvgIpc) is 2.71. The van der Waals surface area contributed by atoms with Crippen molar-refractivity contribution in [3.63, 3.8) is 0 Å². The minimum Gasteiger partial charge on any atom is -0.496 e. The van der Waals surface area contributed by atoms with E-state index in [9.17, 15) is 13.2 Å². The second kappa shape index (κ2) is 9.47. The highest BCUT2D eigenvalue weighted by Gasteiger charge is 2.27. The second-order valence-corrected chi connectivity index (χ2v) is 11.1. The summed E-state index contributed by atoms with van der Waals surface area (Å²) in [6.07, 6.45) is 13.1. The summed E-state index contributed by atoms with van der Waals surface area (Å²) in [4.78, 5) is 12.2. The van der Waals surface area contributed by atoms with E-state index in [1.165, 1.54) is 0 Å². The molecule has 1 aromatic carbocycles. The normalized spacial score (nSPS) is 19.8. The standard InChI is InChI=1S/C25H33N3O4S/c1-7-26-24(29)27-20-14-21(23(32-5)22(15-20)25(2,3)4)18-9-8-17-13-19(28-33(6,30)31)11-10-16(17)12-18/h8-17,28H,7H2,1-6H3,(H2,26,27,29). The van der Waals surface area contributed by atoms with Gasteiger partial charge in [0, 0.05) is 40.9 Å². The highest BCUT2D eigenvalue weighted by molar-refractivity contribution is 7.88. The third-order valence-electron chi connectivity index (χ3n) is 5.49. The molecule has 0 spiro atoms. The molecule has 0 heterocycles. The van der Waals surface area contributed by atoms with E-state index in [1.54, 1.807) is 13.2 Å². The molecule has 2 unspecified atom stereocenters. The maximum Gasteiger partial charge on any atom is 0.319 e. The molecule has 2 amide bonds. The lowest BCUT2D eigenvalue weighted by Gasteiger charge is -2.28. The Morgan fingerprint density at radius 3 is 2.36 bits per heavy atom. The minimum atomic E-state index is -3.33. The molecule has 1 aromatic rings. The van der Waals surface area contributed by atoms with Crippen LogP contribution in [0.2, 0.25) is 0 Å². The van der Waals surface area contributed by atoms with E-state index in [0.717, 1.165) is 28.7 Å². The Balaban J connectivity index is 2.01. The highest BCUT2D eigenvalue weighted by atomic mass is 32.2. The lowest BCUT2D eigenvalue weighted by molar-refractivity contribution is 0.252. The molecular weight excluding hydrogens is 438 g/mol. The monoisotopic (exact) mass is 471 g/mol. The molecule has 8 heteroatoms. The van der Waals surface area contributed by atoms with E-state index in [-0.39, 0.29) is 23.3 Å². The van der Waals surface area contributed by atoms with Gasteiger partial charge in [0.1, 0.15) is 5.75 Å². The molecule has 0 radical (unpaired) electrons. The van der Waals surface area contributed by atoms with Gasteiger partial charge in [0.2, 0.25) is 10.0 Å². The molecule has 2 aliphatic rings. The van der Waals surface area contributed by atoms with Crippen LogP contribution in [0.5, 0.6) is 5.75 Å². The van der Waals surface area contributed by atoms with Crippen LogP contribution in [0.15, 0.2) is 54.3 Å².